The third-order valence-corrected chi connectivity index (χ3v) is 6.05. The third kappa shape index (κ3) is 5.19. The predicted octanol–water partition coefficient (Wildman–Crippen LogP) is 5.02. The lowest BCUT2D eigenvalue weighted by atomic mass is 10.0. The Morgan fingerprint density at radius 2 is 1.77 bits per heavy atom. The van der Waals surface area contributed by atoms with Crippen LogP contribution in [0.1, 0.15) is 58.2 Å². The number of nitrogens with one attached hydrogen (secondary N) is 1. The van der Waals surface area contributed by atoms with E-state index in [1.54, 1.807) is 42.3 Å². The standard InChI is InChI=1S/C28H28N2O5/c1-4-35-25-14-11-20(15-26(25)34-3)24(30-17-21-7-5-6-8-23(21)28(30)33)16-27(32)29-22-12-9-19(10-13-22)18(2)31/h5-15,24H,4,16-17H2,1-3H3,(H,29,32)/t24-/m1/s1. The summed E-state index contributed by atoms with van der Waals surface area (Å²) in [4.78, 5) is 39.6. The quantitative estimate of drug-likeness (QED) is 0.442. The van der Waals surface area contributed by atoms with Gasteiger partial charge in [0, 0.05) is 23.4 Å². The van der Waals surface area contributed by atoms with Gasteiger partial charge >= 0.3 is 0 Å². The third-order valence-electron chi connectivity index (χ3n) is 6.05. The number of carbonyl (C=O) groups is 3. The molecule has 3 aromatic rings. The van der Waals surface area contributed by atoms with Gasteiger partial charge in [-0.05, 0) is 67.4 Å². The van der Waals surface area contributed by atoms with E-state index in [0.29, 0.717) is 41.5 Å². The van der Waals surface area contributed by atoms with Crippen LogP contribution in [0.25, 0.3) is 0 Å². The maximum absolute atomic E-state index is 13.3. The second kappa shape index (κ2) is 10.4. The minimum absolute atomic E-state index is 0.0421. The van der Waals surface area contributed by atoms with Gasteiger partial charge in [-0.15, -0.1) is 0 Å². The lowest BCUT2D eigenvalue weighted by Gasteiger charge is -2.28. The summed E-state index contributed by atoms with van der Waals surface area (Å²) in [7, 11) is 1.56. The predicted molar refractivity (Wildman–Crippen MR) is 133 cm³/mol. The van der Waals surface area contributed by atoms with Crippen LogP contribution < -0.4 is 14.8 Å². The van der Waals surface area contributed by atoms with Crippen molar-refractivity contribution in [1.29, 1.82) is 0 Å². The smallest absolute Gasteiger partial charge is 0.255 e. The Morgan fingerprint density at radius 1 is 1.03 bits per heavy atom. The Labute approximate surface area is 204 Å². The largest absolute Gasteiger partial charge is 0.493 e. The normalized spacial score (nSPS) is 13.2. The van der Waals surface area contributed by atoms with Gasteiger partial charge in [-0.2, -0.15) is 0 Å². The second-order valence-corrected chi connectivity index (χ2v) is 8.34. The van der Waals surface area contributed by atoms with Gasteiger partial charge in [0.25, 0.3) is 5.91 Å². The first kappa shape index (κ1) is 24.0. The second-order valence-electron chi connectivity index (χ2n) is 8.34. The molecule has 1 N–H and O–H groups in total. The number of nitrogens with zero attached hydrogens (tertiary/aromatic N) is 1. The highest BCUT2D eigenvalue weighted by Gasteiger charge is 2.35. The van der Waals surface area contributed by atoms with Crippen LogP contribution in [-0.2, 0) is 11.3 Å². The number of anilines is 1. The molecule has 0 spiro atoms. The number of fused-ring (bicyclic) bond motifs is 1. The molecule has 1 heterocycles. The van der Waals surface area contributed by atoms with Crippen LogP contribution in [0, 0.1) is 0 Å². The average Bonchev–Trinajstić information content (AvgIpc) is 3.19. The summed E-state index contributed by atoms with van der Waals surface area (Å²) in [5, 5.41) is 2.88. The molecule has 0 radical (unpaired) electrons. The fourth-order valence-corrected chi connectivity index (χ4v) is 4.28. The summed E-state index contributed by atoms with van der Waals surface area (Å²) in [6, 6.07) is 19.2. The molecule has 0 aliphatic carbocycles. The number of rotatable bonds is 9. The van der Waals surface area contributed by atoms with Crippen molar-refractivity contribution >= 4 is 23.3 Å². The van der Waals surface area contributed by atoms with Crippen molar-refractivity contribution in [3.8, 4) is 11.5 Å². The number of ether oxygens (including phenoxy) is 2. The summed E-state index contributed by atoms with van der Waals surface area (Å²) < 4.78 is 11.2. The Bertz CT molecular complexity index is 1250. The number of amides is 2. The molecule has 180 valence electrons. The molecule has 0 saturated heterocycles. The molecule has 0 fully saturated rings. The van der Waals surface area contributed by atoms with Crippen molar-refractivity contribution in [3.63, 3.8) is 0 Å². The maximum atomic E-state index is 13.3. The summed E-state index contributed by atoms with van der Waals surface area (Å²) in [5.74, 6) is 0.737. The molecule has 0 saturated carbocycles. The van der Waals surface area contributed by atoms with Gasteiger partial charge in [0.2, 0.25) is 5.91 Å². The van der Waals surface area contributed by atoms with E-state index in [-0.39, 0.29) is 24.0 Å². The summed E-state index contributed by atoms with van der Waals surface area (Å²) in [6.07, 6.45) is 0.0469. The van der Waals surface area contributed by atoms with Crippen LogP contribution in [0.2, 0.25) is 0 Å². The Morgan fingerprint density at radius 3 is 2.43 bits per heavy atom. The van der Waals surface area contributed by atoms with Crippen LogP contribution in [0.5, 0.6) is 11.5 Å². The highest BCUT2D eigenvalue weighted by molar-refractivity contribution is 5.99. The number of carbonyl (C=O) groups excluding carboxylic acids is 3. The van der Waals surface area contributed by atoms with Crippen molar-refractivity contribution in [3.05, 3.63) is 89.0 Å². The fourth-order valence-electron chi connectivity index (χ4n) is 4.28. The van der Waals surface area contributed by atoms with Crippen molar-refractivity contribution in [2.75, 3.05) is 19.0 Å². The molecule has 3 aromatic carbocycles. The highest BCUT2D eigenvalue weighted by atomic mass is 16.5. The van der Waals surface area contributed by atoms with Crippen LogP contribution in [0.3, 0.4) is 0 Å². The molecular formula is C28H28N2O5. The zero-order valence-electron chi connectivity index (χ0n) is 20.0. The van der Waals surface area contributed by atoms with Crippen LogP contribution >= 0.6 is 0 Å². The van der Waals surface area contributed by atoms with E-state index in [1.807, 2.05) is 43.3 Å². The molecule has 0 bridgehead atoms. The van der Waals surface area contributed by atoms with E-state index in [1.165, 1.54) is 6.92 Å². The first-order valence-corrected chi connectivity index (χ1v) is 11.5. The van der Waals surface area contributed by atoms with Crippen LogP contribution in [0.4, 0.5) is 5.69 Å². The molecule has 7 nitrogen and oxygen atoms in total. The topological polar surface area (TPSA) is 84.9 Å². The number of ketones is 1. The minimum Gasteiger partial charge on any atom is -0.493 e. The molecule has 1 aliphatic heterocycles. The van der Waals surface area contributed by atoms with E-state index in [0.717, 1.165) is 11.1 Å². The molecule has 7 heteroatoms. The number of hydrogen-bond acceptors (Lipinski definition) is 5. The molecule has 0 unspecified atom stereocenters. The molecule has 1 atom stereocenters. The van der Waals surface area contributed by atoms with Gasteiger partial charge in [0.15, 0.2) is 17.3 Å². The van der Waals surface area contributed by atoms with E-state index in [2.05, 4.69) is 5.32 Å². The van der Waals surface area contributed by atoms with Crippen molar-refractivity contribution in [2.45, 2.75) is 32.9 Å². The van der Waals surface area contributed by atoms with Gasteiger partial charge in [-0.1, -0.05) is 24.3 Å². The summed E-state index contributed by atoms with van der Waals surface area (Å²) in [5.41, 5.74) is 3.51. The first-order valence-electron chi connectivity index (χ1n) is 11.5. The maximum Gasteiger partial charge on any atom is 0.255 e. The monoisotopic (exact) mass is 472 g/mol. The van der Waals surface area contributed by atoms with Crippen LogP contribution in [0.15, 0.2) is 66.7 Å². The SMILES string of the molecule is CCOc1ccc([C@@H](CC(=O)Nc2ccc(C(C)=O)cc2)N2Cc3ccccc3C2=O)cc1OC. The molecule has 4 rings (SSSR count). The Hall–Kier alpha value is -4.13. The number of hydrogen-bond donors (Lipinski definition) is 1. The van der Waals surface area contributed by atoms with Crippen molar-refractivity contribution in [2.24, 2.45) is 0 Å². The van der Waals surface area contributed by atoms with Gasteiger partial charge in [-0.3, -0.25) is 14.4 Å². The molecule has 2 amide bonds. The van der Waals surface area contributed by atoms with Gasteiger partial charge < -0.3 is 19.7 Å². The minimum atomic E-state index is -0.518. The number of methoxy groups -OCH3 is 1. The zero-order chi connectivity index (χ0) is 24.9. The molecule has 35 heavy (non-hydrogen) atoms. The van der Waals surface area contributed by atoms with E-state index in [9.17, 15) is 14.4 Å². The highest BCUT2D eigenvalue weighted by Crippen LogP contribution is 2.37. The molecular weight excluding hydrogens is 444 g/mol. The van der Waals surface area contributed by atoms with E-state index >= 15 is 0 Å². The van der Waals surface area contributed by atoms with Crippen LogP contribution in [-0.4, -0.2) is 36.2 Å². The average molecular weight is 473 g/mol. The Kier molecular flexibility index (Phi) is 7.15. The summed E-state index contributed by atoms with van der Waals surface area (Å²) >= 11 is 0. The zero-order valence-corrected chi connectivity index (χ0v) is 20.0. The first-order chi connectivity index (χ1) is 16.9. The van der Waals surface area contributed by atoms with E-state index < -0.39 is 6.04 Å². The van der Waals surface area contributed by atoms with Crippen molar-refractivity contribution in [1.82, 2.24) is 4.90 Å². The van der Waals surface area contributed by atoms with E-state index in [4.69, 9.17) is 9.47 Å². The van der Waals surface area contributed by atoms with Gasteiger partial charge in [-0.25, -0.2) is 0 Å². The Balaban J connectivity index is 1.62. The van der Waals surface area contributed by atoms with Crippen molar-refractivity contribution < 1.29 is 23.9 Å². The number of Topliss-reactive ketones (excluding diaryl/α,β-unsaturated/α-hetero) is 1. The lowest BCUT2D eigenvalue weighted by molar-refractivity contribution is -0.117. The van der Waals surface area contributed by atoms with Gasteiger partial charge in [0.05, 0.1) is 26.2 Å². The molecule has 0 aromatic heterocycles. The summed E-state index contributed by atoms with van der Waals surface area (Å²) in [6.45, 7) is 4.29. The lowest BCUT2D eigenvalue weighted by Crippen LogP contribution is -2.32. The fraction of sp³-hybridized carbons (Fsp3) is 0.250. The van der Waals surface area contributed by atoms with Gasteiger partial charge in [0.1, 0.15) is 0 Å². The number of benzene rings is 3. The molecule has 1 aliphatic rings.